The number of hydrogen-bond acceptors (Lipinski definition) is 6. The lowest BCUT2D eigenvalue weighted by Crippen LogP contribution is -2.16. The van der Waals surface area contributed by atoms with Gasteiger partial charge in [-0.1, -0.05) is 17.4 Å². The van der Waals surface area contributed by atoms with Gasteiger partial charge in [-0.05, 0) is 74.5 Å². The van der Waals surface area contributed by atoms with Crippen molar-refractivity contribution in [3.8, 4) is 11.5 Å². The number of ether oxygens (including phenoxy) is 2. The molecule has 4 aromatic rings. The molecule has 1 amide bonds. The first-order chi connectivity index (χ1) is 16.9. The number of nitrogens with one attached hydrogen (secondary N) is 1. The summed E-state index contributed by atoms with van der Waals surface area (Å²) in [5.74, 6) is 0.902. The second-order valence-electron chi connectivity index (χ2n) is 7.44. The molecule has 0 saturated carbocycles. The fourth-order valence-electron chi connectivity index (χ4n) is 3.55. The van der Waals surface area contributed by atoms with Crippen LogP contribution in [0.2, 0.25) is 0 Å². The van der Waals surface area contributed by atoms with Crippen LogP contribution >= 0.6 is 11.3 Å². The van der Waals surface area contributed by atoms with E-state index in [4.69, 9.17) is 9.47 Å². The predicted molar refractivity (Wildman–Crippen MR) is 137 cm³/mol. The molecule has 0 atom stereocenters. The topological polar surface area (TPSA) is 99.0 Å². The first kappa shape index (κ1) is 24.5. The molecule has 1 N–H and O–H groups in total. The summed E-state index contributed by atoms with van der Waals surface area (Å²) in [5, 5.41) is 0. The van der Waals surface area contributed by atoms with Crippen LogP contribution in [-0.4, -0.2) is 32.6 Å². The van der Waals surface area contributed by atoms with Crippen molar-refractivity contribution < 1.29 is 22.7 Å². The lowest BCUT2D eigenvalue weighted by Gasteiger charge is -2.09. The first-order valence-electron chi connectivity index (χ1n) is 11.0. The number of thiazole rings is 1. The first-order valence-corrected chi connectivity index (χ1v) is 13.3. The van der Waals surface area contributed by atoms with Gasteiger partial charge in [0.25, 0.3) is 15.9 Å². The highest BCUT2D eigenvalue weighted by molar-refractivity contribution is 7.92. The molecular formula is C25H25N3O5S2. The minimum absolute atomic E-state index is 0.105. The highest BCUT2D eigenvalue weighted by Gasteiger charge is 2.15. The third-order valence-electron chi connectivity index (χ3n) is 5.23. The van der Waals surface area contributed by atoms with Crippen LogP contribution in [0.1, 0.15) is 24.2 Å². The minimum atomic E-state index is -3.78. The molecule has 4 rings (SSSR count). The molecule has 1 heterocycles. The number of carbonyl (C=O) groups is 1. The molecular weight excluding hydrogens is 486 g/mol. The van der Waals surface area contributed by atoms with E-state index in [0.717, 1.165) is 16.0 Å². The molecule has 35 heavy (non-hydrogen) atoms. The molecule has 0 aliphatic heterocycles. The van der Waals surface area contributed by atoms with E-state index in [1.54, 1.807) is 24.3 Å². The number of sulfonamides is 1. The van der Waals surface area contributed by atoms with E-state index in [0.29, 0.717) is 35.0 Å². The van der Waals surface area contributed by atoms with Gasteiger partial charge < -0.3 is 14.0 Å². The summed E-state index contributed by atoms with van der Waals surface area (Å²) in [5.41, 5.74) is 1.60. The molecule has 0 fully saturated rings. The maximum absolute atomic E-state index is 12.9. The average Bonchev–Trinajstić information content (AvgIpc) is 3.22. The van der Waals surface area contributed by atoms with Crippen LogP contribution in [0.5, 0.6) is 11.5 Å². The van der Waals surface area contributed by atoms with Crippen LogP contribution in [0.4, 0.5) is 5.69 Å². The van der Waals surface area contributed by atoms with E-state index < -0.39 is 15.9 Å². The van der Waals surface area contributed by atoms with Gasteiger partial charge >= 0.3 is 0 Å². The Labute approximate surface area is 207 Å². The maximum Gasteiger partial charge on any atom is 0.279 e. The van der Waals surface area contributed by atoms with Crippen molar-refractivity contribution in [3.05, 3.63) is 77.1 Å². The van der Waals surface area contributed by atoms with Gasteiger partial charge in [-0.3, -0.25) is 9.52 Å². The van der Waals surface area contributed by atoms with Crippen molar-refractivity contribution in [2.24, 2.45) is 4.99 Å². The van der Waals surface area contributed by atoms with Crippen LogP contribution in [-0.2, 0) is 16.6 Å². The summed E-state index contributed by atoms with van der Waals surface area (Å²) in [6.07, 6.45) is 0. The van der Waals surface area contributed by atoms with Crippen LogP contribution in [0.3, 0.4) is 0 Å². The average molecular weight is 512 g/mol. The Morgan fingerprint density at radius 2 is 1.74 bits per heavy atom. The number of amides is 1. The summed E-state index contributed by atoms with van der Waals surface area (Å²) in [4.78, 5) is 17.9. The number of aromatic nitrogens is 1. The van der Waals surface area contributed by atoms with Crippen molar-refractivity contribution in [2.45, 2.75) is 25.3 Å². The van der Waals surface area contributed by atoms with Crippen LogP contribution in [0.25, 0.3) is 10.2 Å². The molecule has 0 spiro atoms. The SMILES string of the molecule is CCOc1cccc2sc(=NC(=O)c3ccc(NS(=O)(=O)c4ccc(OC)cc4)cc3)n(CC)c12. The van der Waals surface area contributed by atoms with Gasteiger partial charge in [-0.2, -0.15) is 4.99 Å². The molecule has 1 aromatic heterocycles. The Morgan fingerprint density at radius 3 is 2.37 bits per heavy atom. The Morgan fingerprint density at radius 1 is 1.03 bits per heavy atom. The summed E-state index contributed by atoms with van der Waals surface area (Å²) < 4.78 is 41.6. The lowest BCUT2D eigenvalue weighted by atomic mass is 10.2. The predicted octanol–water partition coefficient (Wildman–Crippen LogP) is 4.67. The Kier molecular flexibility index (Phi) is 7.23. The van der Waals surface area contributed by atoms with Gasteiger partial charge in [0.15, 0.2) is 4.80 Å². The fraction of sp³-hybridized carbons (Fsp3) is 0.200. The van der Waals surface area contributed by atoms with Crippen LogP contribution in [0, 0.1) is 0 Å². The van der Waals surface area contributed by atoms with Crippen molar-refractivity contribution in [2.75, 3.05) is 18.4 Å². The van der Waals surface area contributed by atoms with E-state index in [1.807, 2.05) is 36.6 Å². The highest BCUT2D eigenvalue weighted by atomic mass is 32.2. The number of hydrogen-bond donors (Lipinski definition) is 1. The van der Waals surface area contributed by atoms with E-state index in [2.05, 4.69) is 9.71 Å². The molecule has 10 heteroatoms. The third-order valence-corrected chi connectivity index (χ3v) is 7.67. The molecule has 0 bridgehead atoms. The zero-order valence-corrected chi connectivity index (χ0v) is 21.2. The van der Waals surface area contributed by atoms with Gasteiger partial charge in [0.05, 0.1) is 23.3 Å². The van der Waals surface area contributed by atoms with Gasteiger partial charge in [0.2, 0.25) is 0 Å². The number of fused-ring (bicyclic) bond motifs is 1. The van der Waals surface area contributed by atoms with E-state index >= 15 is 0 Å². The second kappa shape index (κ2) is 10.3. The standard InChI is InChI=1S/C25H25N3O5S2/c1-4-28-23-21(33-5-2)7-6-8-22(23)34-25(28)26-24(29)17-9-11-18(12-10-17)27-35(30,31)20-15-13-19(32-3)14-16-20/h6-16,27H,4-5H2,1-3H3. The van der Waals surface area contributed by atoms with E-state index in [9.17, 15) is 13.2 Å². The molecule has 3 aromatic carbocycles. The van der Waals surface area contributed by atoms with Gasteiger partial charge in [-0.15, -0.1) is 0 Å². The maximum atomic E-state index is 12.9. The number of para-hydroxylation sites is 1. The number of aryl methyl sites for hydroxylation is 1. The number of benzene rings is 3. The highest BCUT2D eigenvalue weighted by Crippen LogP contribution is 2.27. The Bertz CT molecular complexity index is 1520. The van der Waals surface area contributed by atoms with Gasteiger partial charge in [-0.25, -0.2) is 8.42 Å². The minimum Gasteiger partial charge on any atom is -0.497 e. The molecule has 182 valence electrons. The molecule has 0 aliphatic carbocycles. The summed E-state index contributed by atoms with van der Waals surface area (Å²) in [6.45, 7) is 5.08. The fourth-order valence-corrected chi connectivity index (χ4v) is 5.72. The smallest absolute Gasteiger partial charge is 0.279 e. The Balaban J connectivity index is 1.58. The number of anilines is 1. The van der Waals surface area contributed by atoms with Crippen molar-refractivity contribution >= 4 is 43.2 Å². The van der Waals surface area contributed by atoms with E-state index in [1.165, 1.54) is 42.7 Å². The van der Waals surface area contributed by atoms with Crippen molar-refractivity contribution in [1.82, 2.24) is 4.57 Å². The molecule has 0 aliphatic rings. The van der Waals surface area contributed by atoms with Crippen LogP contribution < -0.4 is 19.0 Å². The van der Waals surface area contributed by atoms with Crippen LogP contribution in [0.15, 0.2) is 76.6 Å². The quantitative estimate of drug-likeness (QED) is 0.371. The second-order valence-corrected chi connectivity index (χ2v) is 10.1. The molecule has 8 nitrogen and oxygen atoms in total. The monoisotopic (exact) mass is 511 g/mol. The number of methoxy groups -OCH3 is 1. The summed E-state index contributed by atoms with van der Waals surface area (Å²) >= 11 is 1.42. The van der Waals surface area contributed by atoms with Crippen molar-refractivity contribution in [1.29, 1.82) is 0 Å². The summed E-state index contributed by atoms with van der Waals surface area (Å²) in [6, 6.07) is 18.0. The zero-order chi connectivity index (χ0) is 25.0. The lowest BCUT2D eigenvalue weighted by molar-refractivity contribution is 0.0998. The summed E-state index contributed by atoms with van der Waals surface area (Å²) in [7, 11) is -2.27. The van der Waals surface area contributed by atoms with Crippen molar-refractivity contribution in [3.63, 3.8) is 0 Å². The van der Waals surface area contributed by atoms with Gasteiger partial charge in [0, 0.05) is 17.8 Å². The van der Waals surface area contributed by atoms with Gasteiger partial charge in [0.1, 0.15) is 17.0 Å². The zero-order valence-electron chi connectivity index (χ0n) is 19.5. The normalized spacial score (nSPS) is 12.0. The number of rotatable bonds is 8. The molecule has 0 saturated heterocycles. The third kappa shape index (κ3) is 5.23. The van der Waals surface area contributed by atoms with E-state index in [-0.39, 0.29) is 4.90 Å². The molecule has 0 unspecified atom stereocenters. The molecule has 0 radical (unpaired) electrons. The number of carbonyl (C=O) groups excluding carboxylic acids is 1. The Hall–Kier alpha value is -3.63. The largest absolute Gasteiger partial charge is 0.497 e. The number of nitrogens with zero attached hydrogens (tertiary/aromatic N) is 2.